The van der Waals surface area contributed by atoms with E-state index in [1.165, 1.54) is 0 Å². The Morgan fingerprint density at radius 1 is 1.55 bits per heavy atom. The van der Waals surface area contributed by atoms with E-state index in [-0.39, 0.29) is 13.0 Å². The summed E-state index contributed by atoms with van der Waals surface area (Å²) in [5.74, 6) is 0. The van der Waals surface area contributed by atoms with Crippen molar-refractivity contribution in [3.8, 4) is 0 Å². The number of H-pyrrole nitrogens is 1. The van der Waals surface area contributed by atoms with Gasteiger partial charge in [0.05, 0.1) is 18.8 Å². The molecule has 1 aliphatic rings. The van der Waals surface area contributed by atoms with E-state index >= 15 is 0 Å². The molecule has 0 bridgehead atoms. The molecule has 3 atom stereocenters. The van der Waals surface area contributed by atoms with Gasteiger partial charge in [0.15, 0.2) is 0 Å². The quantitative estimate of drug-likeness (QED) is 0.476. The van der Waals surface area contributed by atoms with Gasteiger partial charge in [0, 0.05) is 17.5 Å². The summed E-state index contributed by atoms with van der Waals surface area (Å²) < 4.78 is 43.8. The van der Waals surface area contributed by atoms with Gasteiger partial charge in [0.2, 0.25) is 0 Å². The Kier molecular flexibility index (Phi) is 4.26. The van der Waals surface area contributed by atoms with Crippen LogP contribution in [0.4, 0.5) is 13.2 Å². The Morgan fingerprint density at radius 3 is 2.82 bits per heavy atom. The third-order valence-corrected chi connectivity index (χ3v) is 3.11. The highest BCUT2D eigenvalue weighted by Gasteiger charge is 2.38. The second-order valence-electron chi connectivity index (χ2n) is 4.55. The Balaban J connectivity index is 2.36. The molecular weight excluding hydrogens is 311 g/mol. The summed E-state index contributed by atoms with van der Waals surface area (Å²) in [4.78, 5) is 26.8. The summed E-state index contributed by atoms with van der Waals surface area (Å²) in [5.41, 5.74) is 3.99. The summed E-state index contributed by atoms with van der Waals surface area (Å²) >= 11 is 0. The van der Waals surface area contributed by atoms with Crippen molar-refractivity contribution in [2.24, 2.45) is 5.11 Å². The van der Waals surface area contributed by atoms with Crippen molar-refractivity contribution < 1.29 is 23.0 Å². The van der Waals surface area contributed by atoms with Crippen molar-refractivity contribution >= 4 is 0 Å². The fourth-order valence-corrected chi connectivity index (χ4v) is 2.07. The highest BCUT2D eigenvalue weighted by atomic mass is 19.4. The van der Waals surface area contributed by atoms with Crippen LogP contribution in [0.25, 0.3) is 10.4 Å². The van der Waals surface area contributed by atoms with E-state index in [1.807, 2.05) is 0 Å². The van der Waals surface area contributed by atoms with Crippen LogP contribution in [0, 0.1) is 0 Å². The largest absolute Gasteiger partial charge is 0.423 e. The van der Waals surface area contributed by atoms with E-state index < -0.39 is 41.4 Å². The average Bonchev–Trinajstić information content (AvgIpc) is 2.76. The maximum absolute atomic E-state index is 12.7. The molecule has 12 heteroatoms. The number of rotatable bonds is 3. The molecule has 22 heavy (non-hydrogen) atoms. The molecule has 1 aromatic heterocycles. The number of hydrogen-bond acceptors (Lipinski definition) is 5. The van der Waals surface area contributed by atoms with E-state index in [9.17, 15) is 27.9 Å². The number of aromatic amines is 1. The van der Waals surface area contributed by atoms with Gasteiger partial charge in [-0.1, -0.05) is 5.11 Å². The molecule has 1 saturated heterocycles. The SMILES string of the molecule is [N-]=[N+]=NC[C@H]1O[C@@H](n2cc(C(F)(F)F)c(=O)[nH]c2=O)C[C@@H]1O. The van der Waals surface area contributed by atoms with Crippen molar-refractivity contribution in [1.82, 2.24) is 9.55 Å². The van der Waals surface area contributed by atoms with Crippen LogP contribution in [0.5, 0.6) is 0 Å². The Labute approximate surface area is 119 Å². The first-order valence-electron chi connectivity index (χ1n) is 6.01. The van der Waals surface area contributed by atoms with E-state index in [4.69, 9.17) is 10.3 Å². The zero-order valence-corrected chi connectivity index (χ0v) is 10.8. The number of halogens is 3. The molecule has 2 rings (SSSR count). The van der Waals surface area contributed by atoms with Crippen LogP contribution in [0.3, 0.4) is 0 Å². The van der Waals surface area contributed by atoms with Crippen molar-refractivity contribution in [2.75, 3.05) is 6.54 Å². The lowest BCUT2D eigenvalue weighted by atomic mass is 10.2. The smallest absolute Gasteiger partial charge is 0.390 e. The molecule has 2 heterocycles. The lowest BCUT2D eigenvalue weighted by molar-refractivity contribution is -0.139. The minimum Gasteiger partial charge on any atom is -0.390 e. The number of nitrogens with zero attached hydrogens (tertiary/aromatic N) is 4. The zero-order valence-electron chi connectivity index (χ0n) is 10.8. The predicted molar refractivity (Wildman–Crippen MR) is 64.9 cm³/mol. The number of alkyl halides is 3. The maximum atomic E-state index is 12.7. The standard InChI is InChI=1S/C10H10F3N5O4/c11-10(12,13)4-3-18(9(21)16-8(4)20)7-1-5(19)6(22-7)2-15-17-14/h3,5-7,19H,1-2H2,(H,16,20,21)/t5-,6+,7+/m0/s1. The first-order valence-corrected chi connectivity index (χ1v) is 6.01. The molecule has 9 nitrogen and oxygen atoms in total. The number of aliphatic hydroxyl groups excluding tert-OH is 1. The lowest BCUT2D eigenvalue weighted by Crippen LogP contribution is -2.36. The normalized spacial score (nSPS) is 25.0. The molecule has 0 radical (unpaired) electrons. The Hall–Kier alpha value is -2.30. The van der Waals surface area contributed by atoms with Gasteiger partial charge in [-0.2, -0.15) is 13.2 Å². The summed E-state index contributed by atoms with van der Waals surface area (Å²) in [7, 11) is 0. The van der Waals surface area contributed by atoms with Crippen LogP contribution < -0.4 is 11.2 Å². The molecule has 0 amide bonds. The monoisotopic (exact) mass is 321 g/mol. The molecular formula is C10H10F3N5O4. The number of azide groups is 1. The minimum atomic E-state index is -4.94. The number of hydrogen-bond donors (Lipinski definition) is 2. The van der Waals surface area contributed by atoms with E-state index in [2.05, 4.69) is 10.0 Å². The Morgan fingerprint density at radius 2 is 2.23 bits per heavy atom. The molecule has 0 aliphatic carbocycles. The van der Waals surface area contributed by atoms with Crippen LogP contribution in [-0.4, -0.2) is 33.4 Å². The van der Waals surface area contributed by atoms with Crippen molar-refractivity contribution in [3.05, 3.63) is 43.0 Å². The molecule has 120 valence electrons. The number of aliphatic hydroxyl groups is 1. The maximum Gasteiger partial charge on any atom is 0.423 e. The molecule has 2 N–H and O–H groups in total. The minimum absolute atomic E-state index is 0.186. The van der Waals surface area contributed by atoms with Crippen molar-refractivity contribution in [3.63, 3.8) is 0 Å². The molecule has 1 fully saturated rings. The zero-order chi connectivity index (χ0) is 16.5. The van der Waals surface area contributed by atoms with Crippen LogP contribution in [0.2, 0.25) is 0 Å². The second-order valence-corrected chi connectivity index (χ2v) is 4.55. The van der Waals surface area contributed by atoms with Gasteiger partial charge in [0.1, 0.15) is 11.8 Å². The van der Waals surface area contributed by atoms with Crippen LogP contribution in [-0.2, 0) is 10.9 Å². The highest BCUT2D eigenvalue weighted by Crippen LogP contribution is 2.30. The van der Waals surface area contributed by atoms with Crippen LogP contribution in [0.15, 0.2) is 20.9 Å². The van der Waals surface area contributed by atoms with Gasteiger partial charge >= 0.3 is 11.9 Å². The summed E-state index contributed by atoms with van der Waals surface area (Å²) in [6.45, 7) is -0.238. The topological polar surface area (TPSA) is 133 Å². The van der Waals surface area contributed by atoms with Crippen LogP contribution >= 0.6 is 0 Å². The fraction of sp³-hybridized carbons (Fsp3) is 0.600. The lowest BCUT2D eigenvalue weighted by Gasteiger charge is -2.16. The summed E-state index contributed by atoms with van der Waals surface area (Å²) in [6, 6.07) is 0. The molecule has 0 unspecified atom stereocenters. The third kappa shape index (κ3) is 3.13. The second kappa shape index (κ2) is 5.83. The Bertz CT molecular complexity index is 720. The fourth-order valence-electron chi connectivity index (χ4n) is 2.07. The highest BCUT2D eigenvalue weighted by molar-refractivity contribution is 5.09. The van der Waals surface area contributed by atoms with Crippen molar-refractivity contribution in [2.45, 2.75) is 31.0 Å². The molecule has 1 aliphatic heterocycles. The average molecular weight is 321 g/mol. The van der Waals surface area contributed by atoms with Gasteiger partial charge in [-0.05, 0) is 5.53 Å². The van der Waals surface area contributed by atoms with Crippen LogP contribution in [0.1, 0.15) is 18.2 Å². The van der Waals surface area contributed by atoms with Gasteiger partial charge in [0.25, 0.3) is 5.56 Å². The van der Waals surface area contributed by atoms with Gasteiger partial charge < -0.3 is 9.84 Å². The summed E-state index contributed by atoms with van der Waals surface area (Å²) in [5, 5.41) is 12.9. The van der Waals surface area contributed by atoms with E-state index in [0.717, 1.165) is 0 Å². The van der Waals surface area contributed by atoms with E-state index in [1.54, 1.807) is 4.98 Å². The number of aromatic nitrogens is 2. The number of nitrogens with one attached hydrogen (secondary N) is 1. The third-order valence-electron chi connectivity index (χ3n) is 3.11. The molecule has 0 spiro atoms. The first-order chi connectivity index (χ1) is 10.2. The van der Waals surface area contributed by atoms with E-state index in [0.29, 0.717) is 10.8 Å². The molecule has 1 aromatic rings. The predicted octanol–water partition coefficient (Wildman–Crippen LogP) is 0.514. The van der Waals surface area contributed by atoms with Crippen molar-refractivity contribution in [1.29, 1.82) is 0 Å². The van der Waals surface area contributed by atoms with Gasteiger partial charge in [-0.3, -0.25) is 14.3 Å². The summed E-state index contributed by atoms with van der Waals surface area (Å²) in [6.07, 6.45) is -8.06. The van der Waals surface area contributed by atoms with Gasteiger partial charge in [-0.25, -0.2) is 4.79 Å². The number of ether oxygens (including phenoxy) is 1. The van der Waals surface area contributed by atoms with Gasteiger partial charge in [-0.15, -0.1) is 0 Å². The molecule has 0 aromatic carbocycles. The first kappa shape index (κ1) is 16.1. The molecule has 0 saturated carbocycles.